The molecule has 0 radical (unpaired) electrons. The van der Waals surface area contributed by atoms with Gasteiger partial charge in [-0.15, -0.1) is 0 Å². The van der Waals surface area contributed by atoms with Crippen LogP contribution in [-0.4, -0.2) is 41.7 Å². The van der Waals surface area contributed by atoms with Crippen molar-refractivity contribution in [2.24, 2.45) is 11.8 Å². The molecule has 1 heterocycles. The normalized spacial score (nSPS) is 27.8. The SMILES string of the molecule is O=C(C1CCC(O)CC1)N1CCC[C@@H](COc2ccc(F)cc2)C1. The summed E-state index contributed by atoms with van der Waals surface area (Å²) in [4.78, 5) is 14.7. The fourth-order valence-corrected chi connectivity index (χ4v) is 3.73. The molecular weight excluding hydrogens is 309 g/mol. The fraction of sp³-hybridized carbons (Fsp3) is 0.632. The molecule has 132 valence electrons. The van der Waals surface area contributed by atoms with Crippen molar-refractivity contribution in [1.82, 2.24) is 4.90 Å². The minimum atomic E-state index is -0.269. The Bertz CT molecular complexity index is 540. The summed E-state index contributed by atoms with van der Waals surface area (Å²) in [6.07, 6.45) is 4.89. The van der Waals surface area contributed by atoms with Gasteiger partial charge in [-0.3, -0.25) is 4.79 Å². The molecule has 1 aromatic rings. The van der Waals surface area contributed by atoms with Crippen LogP contribution in [0.15, 0.2) is 24.3 Å². The van der Waals surface area contributed by atoms with Gasteiger partial charge in [-0.05, 0) is 62.8 Å². The van der Waals surface area contributed by atoms with Crippen molar-refractivity contribution in [3.63, 3.8) is 0 Å². The van der Waals surface area contributed by atoms with Crippen LogP contribution in [0.4, 0.5) is 4.39 Å². The Kier molecular flexibility index (Phi) is 5.72. The van der Waals surface area contributed by atoms with E-state index in [1.807, 2.05) is 4.90 Å². The molecule has 0 unspecified atom stereocenters. The number of piperidine rings is 1. The van der Waals surface area contributed by atoms with Crippen LogP contribution in [0.3, 0.4) is 0 Å². The van der Waals surface area contributed by atoms with E-state index < -0.39 is 0 Å². The molecular formula is C19H26FNO3. The average Bonchev–Trinajstić information content (AvgIpc) is 2.61. The largest absolute Gasteiger partial charge is 0.493 e. The lowest BCUT2D eigenvalue weighted by Gasteiger charge is -2.36. The number of carbonyl (C=O) groups is 1. The van der Waals surface area contributed by atoms with Gasteiger partial charge >= 0.3 is 0 Å². The molecule has 0 bridgehead atoms. The highest BCUT2D eigenvalue weighted by molar-refractivity contribution is 5.79. The molecule has 5 heteroatoms. The minimum Gasteiger partial charge on any atom is -0.493 e. The summed E-state index contributed by atoms with van der Waals surface area (Å²) in [7, 11) is 0. The second kappa shape index (κ2) is 7.97. The summed E-state index contributed by atoms with van der Waals surface area (Å²) in [5, 5.41) is 9.59. The van der Waals surface area contributed by atoms with E-state index in [1.54, 1.807) is 12.1 Å². The summed E-state index contributed by atoms with van der Waals surface area (Å²) in [5.74, 6) is 1.04. The van der Waals surface area contributed by atoms with Crippen LogP contribution in [0.2, 0.25) is 0 Å². The first-order chi connectivity index (χ1) is 11.6. The van der Waals surface area contributed by atoms with Crippen LogP contribution < -0.4 is 4.74 Å². The molecule has 1 saturated heterocycles. The van der Waals surface area contributed by atoms with E-state index in [4.69, 9.17) is 4.74 Å². The Morgan fingerprint density at radius 2 is 1.88 bits per heavy atom. The van der Waals surface area contributed by atoms with Crippen molar-refractivity contribution < 1.29 is 19.0 Å². The third kappa shape index (κ3) is 4.47. The Balaban J connectivity index is 1.48. The van der Waals surface area contributed by atoms with Gasteiger partial charge in [0.05, 0.1) is 12.7 Å². The quantitative estimate of drug-likeness (QED) is 0.920. The van der Waals surface area contributed by atoms with E-state index >= 15 is 0 Å². The second-order valence-electron chi connectivity index (χ2n) is 7.06. The zero-order valence-electron chi connectivity index (χ0n) is 14.0. The van der Waals surface area contributed by atoms with Crippen molar-refractivity contribution in [2.75, 3.05) is 19.7 Å². The molecule has 2 fully saturated rings. The van der Waals surface area contributed by atoms with Gasteiger partial charge in [0.25, 0.3) is 0 Å². The maximum Gasteiger partial charge on any atom is 0.225 e. The molecule has 1 N–H and O–H groups in total. The van der Waals surface area contributed by atoms with Crippen LogP contribution in [-0.2, 0) is 4.79 Å². The molecule has 1 atom stereocenters. The van der Waals surface area contributed by atoms with Crippen LogP contribution in [0, 0.1) is 17.7 Å². The molecule has 1 aliphatic carbocycles. The zero-order valence-corrected chi connectivity index (χ0v) is 14.0. The molecule has 0 aromatic heterocycles. The monoisotopic (exact) mass is 335 g/mol. The number of ether oxygens (including phenoxy) is 1. The van der Waals surface area contributed by atoms with E-state index in [0.717, 1.165) is 51.6 Å². The number of benzene rings is 1. The van der Waals surface area contributed by atoms with E-state index in [-0.39, 0.29) is 23.7 Å². The number of halogens is 1. The third-order valence-corrected chi connectivity index (χ3v) is 5.18. The first-order valence-electron chi connectivity index (χ1n) is 8.97. The number of likely N-dealkylation sites (tertiary alicyclic amines) is 1. The van der Waals surface area contributed by atoms with Crippen LogP contribution >= 0.6 is 0 Å². The summed E-state index contributed by atoms with van der Waals surface area (Å²) in [5.41, 5.74) is 0. The molecule has 1 saturated carbocycles. The second-order valence-corrected chi connectivity index (χ2v) is 7.06. The topological polar surface area (TPSA) is 49.8 Å². The van der Waals surface area contributed by atoms with Gasteiger partial charge in [0, 0.05) is 24.9 Å². The van der Waals surface area contributed by atoms with E-state index in [2.05, 4.69) is 0 Å². The average molecular weight is 335 g/mol. The van der Waals surface area contributed by atoms with Gasteiger partial charge in [-0.2, -0.15) is 0 Å². The van der Waals surface area contributed by atoms with E-state index in [9.17, 15) is 14.3 Å². The maximum atomic E-state index is 12.9. The van der Waals surface area contributed by atoms with Crippen LogP contribution in [0.25, 0.3) is 0 Å². The lowest BCUT2D eigenvalue weighted by Crippen LogP contribution is -2.45. The molecule has 3 rings (SSSR count). The molecule has 1 aliphatic heterocycles. The number of carbonyl (C=O) groups excluding carboxylic acids is 1. The Morgan fingerprint density at radius 3 is 2.58 bits per heavy atom. The van der Waals surface area contributed by atoms with E-state index in [1.165, 1.54) is 12.1 Å². The van der Waals surface area contributed by atoms with Crippen molar-refractivity contribution in [3.05, 3.63) is 30.1 Å². The first kappa shape index (κ1) is 17.2. The van der Waals surface area contributed by atoms with Gasteiger partial charge in [-0.25, -0.2) is 4.39 Å². The summed E-state index contributed by atoms with van der Waals surface area (Å²) in [6.45, 7) is 2.11. The van der Waals surface area contributed by atoms with Crippen LogP contribution in [0.5, 0.6) is 5.75 Å². The first-order valence-corrected chi connectivity index (χ1v) is 8.97. The standard InChI is InChI=1S/C19H26FNO3/c20-16-5-9-18(10-6-16)24-13-14-2-1-11-21(12-14)19(23)15-3-7-17(22)8-4-15/h5-6,9-10,14-15,17,22H,1-4,7-8,11-13H2/t14-,15?,17?/m1/s1. The number of nitrogens with zero attached hydrogens (tertiary/aromatic N) is 1. The Hall–Kier alpha value is -1.62. The number of aliphatic hydroxyl groups excluding tert-OH is 1. The Labute approximate surface area is 142 Å². The van der Waals surface area contributed by atoms with Gasteiger partial charge in [-0.1, -0.05) is 0 Å². The number of hydrogen-bond acceptors (Lipinski definition) is 3. The van der Waals surface area contributed by atoms with Gasteiger partial charge in [0.2, 0.25) is 5.91 Å². The Morgan fingerprint density at radius 1 is 1.17 bits per heavy atom. The highest BCUT2D eigenvalue weighted by atomic mass is 19.1. The predicted octanol–water partition coefficient (Wildman–Crippen LogP) is 2.99. The lowest BCUT2D eigenvalue weighted by molar-refractivity contribution is -0.139. The highest BCUT2D eigenvalue weighted by Crippen LogP contribution is 2.28. The maximum absolute atomic E-state index is 12.9. The van der Waals surface area contributed by atoms with Gasteiger partial charge < -0.3 is 14.7 Å². The molecule has 0 spiro atoms. The van der Waals surface area contributed by atoms with E-state index in [0.29, 0.717) is 18.3 Å². The van der Waals surface area contributed by atoms with Crippen molar-refractivity contribution in [1.29, 1.82) is 0 Å². The van der Waals surface area contributed by atoms with Gasteiger partial charge in [0.15, 0.2) is 0 Å². The molecule has 1 aromatic carbocycles. The molecule has 4 nitrogen and oxygen atoms in total. The summed E-state index contributed by atoms with van der Waals surface area (Å²) >= 11 is 0. The van der Waals surface area contributed by atoms with Crippen molar-refractivity contribution in [3.8, 4) is 5.75 Å². The van der Waals surface area contributed by atoms with Crippen LogP contribution in [0.1, 0.15) is 38.5 Å². The zero-order chi connectivity index (χ0) is 16.9. The molecule has 1 amide bonds. The minimum absolute atomic E-state index is 0.0742. The number of aliphatic hydroxyl groups is 1. The fourth-order valence-electron chi connectivity index (χ4n) is 3.73. The summed E-state index contributed by atoms with van der Waals surface area (Å²) < 4.78 is 18.7. The lowest BCUT2D eigenvalue weighted by atomic mass is 9.85. The smallest absolute Gasteiger partial charge is 0.225 e. The highest BCUT2D eigenvalue weighted by Gasteiger charge is 2.31. The number of hydrogen-bond donors (Lipinski definition) is 1. The predicted molar refractivity (Wildman–Crippen MR) is 89.2 cm³/mol. The van der Waals surface area contributed by atoms with Crippen molar-refractivity contribution in [2.45, 2.75) is 44.6 Å². The molecule has 24 heavy (non-hydrogen) atoms. The van der Waals surface area contributed by atoms with Gasteiger partial charge in [0.1, 0.15) is 11.6 Å². The number of rotatable bonds is 4. The van der Waals surface area contributed by atoms with Crippen molar-refractivity contribution >= 4 is 5.91 Å². The third-order valence-electron chi connectivity index (χ3n) is 5.18. The molecule has 2 aliphatic rings. The summed E-state index contributed by atoms with van der Waals surface area (Å²) in [6, 6.07) is 6.05. The number of amides is 1.